The maximum absolute atomic E-state index is 14.2. The zero-order valence-corrected chi connectivity index (χ0v) is 55.1. The Balaban J connectivity index is 0.000000214. The van der Waals surface area contributed by atoms with E-state index in [0.717, 1.165) is 123 Å². The molecule has 18 heteroatoms. The third-order valence-electron chi connectivity index (χ3n) is 19.1. The lowest BCUT2D eigenvalue weighted by atomic mass is 9.82. The minimum absolute atomic E-state index is 0. The van der Waals surface area contributed by atoms with E-state index in [0.29, 0.717) is 55.0 Å². The maximum Gasteiger partial charge on any atom is 0.335 e. The van der Waals surface area contributed by atoms with Crippen molar-refractivity contribution >= 4 is 73.5 Å². The summed E-state index contributed by atoms with van der Waals surface area (Å²) < 4.78 is 26.4. The number of aromatic nitrogens is 6. The van der Waals surface area contributed by atoms with Gasteiger partial charge in [0.1, 0.15) is 19.0 Å². The monoisotopic (exact) mass is 1240 g/mol. The number of esters is 1. The van der Waals surface area contributed by atoms with Crippen molar-refractivity contribution in [3.05, 3.63) is 119 Å². The van der Waals surface area contributed by atoms with Crippen molar-refractivity contribution in [3.63, 3.8) is 0 Å². The van der Waals surface area contributed by atoms with Crippen LogP contribution in [0.1, 0.15) is 171 Å². The van der Waals surface area contributed by atoms with E-state index in [1.165, 1.54) is 104 Å². The van der Waals surface area contributed by atoms with Gasteiger partial charge in [-0.1, -0.05) is 122 Å². The maximum atomic E-state index is 14.2. The molecule has 476 valence electrons. The number of benzene rings is 3. The molecule has 3 fully saturated rings. The molecule has 89 heavy (non-hydrogen) atoms. The molecule has 4 aromatic heterocycles. The molecule has 0 radical (unpaired) electrons. The topological polar surface area (TPSA) is 186 Å². The van der Waals surface area contributed by atoms with Gasteiger partial charge >= 0.3 is 11.9 Å². The summed E-state index contributed by atoms with van der Waals surface area (Å²) in [5, 5.41) is 18.4. The number of hydrogen-bond donors (Lipinski definition) is 3. The van der Waals surface area contributed by atoms with E-state index in [2.05, 4.69) is 91.1 Å². The summed E-state index contributed by atoms with van der Waals surface area (Å²) in [7, 11) is -1.02. The van der Waals surface area contributed by atoms with Crippen molar-refractivity contribution in [2.45, 2.75) is 218 Å². The molecule has 3 aromatic carbocycles. The Hall–Kier alpha value is -6.87. The fraction of sp³-hybridized carbons (Fsp3) is 0.521. The quantitative estimate of drug-likeness (QED) is 0.0304. The molecule has 0 unspecified atom stereocenters. The van der Waals surface area contributed by atoms with E-state index in [1.807, 2.05) is 36.9 Å². The van der Waals surface area contributed by atoms with E-state index in [9.17, 15) is 24.3 Å². The van der Waals surface area contributed by atoms with E-state index in [4.69, 9.17) is 19.4 Å². The molecule has 12 rings (SSSR count). The van der Waals surface area contributed by atoms with E-state index in [1.54, 1.807) is 24.3 Å². The normalized spacial score (nSPS) is 16.9. The number of anilines is 1. The van der Waals surface area contributed by atoms with Crippen molar-refractivity contribution in [3.8, 4) is 22.8 Å². The summed E-state index contributed by atoms with van der Waals surface area (Å²) in [5.74, 6) is -0.795. The molecular weight excluding hydrogens is 1150 g/mol. The predicted octanol–water partition coefficient (Wildman–Crippen LogP) is 15.8. The highest BCUT2D eigenvalue weighted by molar-refractivity contribution is 6.76. The zero-order valence-electron chi connectivity index (χ0n) is 53.1. The second-order valence-electron chi connectivity index (χ2n) is 27.9. The first kappa shape index (κ1) is 65.1. The number of nitrogens with one attached hydrogen (secondary N) is 2. The summed E-state index contributed by atoms with van der Waals surface area (Å²) in [4.78, 5) is 61.1. The summed E-state index contributed by atoms with van der Waals surface area (Å²) in [6, 6.07) is 21.4. The molecule has 6 heterocycles. The van der Waals surface area contributed by atoms with Crippen LogP contribution >= 0.6 is 0 Å². The molecule has 3 N–H and O–H groups in total. The smallest absolute Gasteiger partial charge is 0.335 e. The molecular formula is C71H96N8O8Si2. The Morgan fingerprint density at radius 1 is 0.629 bits per heavy atom. The van der Waals surface area contributed by atoms with Gasteiger partial charge in [-0.25, -0.2) is 19.6 Å². The van der Waals surface area contributed by atoms with Crippen LogP contribution in [-0.4, -0.2) is 99.1 Å². The number of fused-ring (bicyclic) bond motifs is 10. The lowest BCUT2D eigenvalue weighted by Crippen LogP contribution is -2.55. The minimum Gasteiger partial charge on any atom is -0.478 e. The van der Waals surface area contributed by atoms with Gasteiger partial charge in [-0.15, -0.1) is 0 Å². The van der Waals surface area contributed by atoms with Crippen molar-refractivity contribution < 1.29 is 38.5 Å². The van der Waals surface area contributed by atoms with Crippen LogP contribution in [0.2, 0.25) is 51.4 Å². The fourth-order valence-corrected chi connectivity index (χ4v) is 15.8. The number of ether oxygens (including phenoxy) is 3. The highest BCUT2D eigenvalue weighted by atomic mass is 28.3. The molecule has 7 aromatic rings. The molecule has 2 aliphatic heterocycles. The van der Waals surface area contributed by atoms with Gasteiger partial charge in [0.2, 0.25) is 5.91 Å². The van der Waals surface area contributed by atoms with E-state index >= 15 is 0 Å². The number of carbonyl (C=O) groups excluding carboxylic acids is 3. The van der Waals surface area contributed by atoms with Gasteiger partial charge in [0.25, 0.3) is 5.91 Å². The van der Waals surface area contributed by atoms with Gasteiger partial charge in [0.15, 0.2) is 0 Å². The highest BCUT2D eigenvalue weighted by Gasteiger charge is 2.43. The zero-order chi connectivity index (χ0) is 61.7. The van der Waals surface area contributed by atoms with Crippen molar-refractivity contribution in [2.75, 3.05) is 25.6 Å². The summed E-state index contributed by atoms with van der Waals surface area (Å²) in [6.07, 6.45) is 25.9. The highest BCUT2D eigenvalue weighted by Crippen LogP contribution is 2.48. The Morgan fingerprint density at radius 2 is 1.11 bits per heavy atom. The summed E-state index contributed by atoms with van der Waals surface area (Å²) in [5.41, 5.74) is 13.4. The van der Waals surface area contributed by atoms with Crippen LogP contribution in [0.5, 0.6) is 0 Å². The van der Waals surface area contributed by atoms with Crippen LogP contribution in [0.15, 0.2) is 79.4 Å². The first-order valence-electron chi connectivity index (χ1n) is 32.7. The standard InChI is InChI=1S/C43H55N5O5Si.C27H37N3O3Si.CH4/c1-52-37(49)21-16-30-14-18-33(19-15-30)45-42(51)43(22-8-9-23-43)46-41(50)32-17-20-34-36(27-32)48-24-10-13-35-39(40(48)38(34)31-11-6-5-7-12-31)47(28-44-35)29-53-25-26-54(2,3)4;1-34(2,3)15-14-33-18-29-17-28-22-10-7-13-30-23-16-20(27(31)32)11-12-21(23)24(26(30)25(22)29)19-8-5-4-6-9-19;/h14-21,27-28,31H,5-13,22-26,29H2,1-4H3,(H,45,51)(H,46,50);11-12,16-17,19H,4-10,13-15,18H2,1-3H3,(H,31,32);1H4/b21-16+;;. The van der Waals surface area contributed by atoms with Crippen LogP contribution in [0, 0.1) is 0 Å². The Labute approximate surface area is 528 Å². The fourth-order valence-electron chi connectivity index (χ4n) is 14.3. The molecule has 0 bridgehead atoms. The Bertz CT molecular complexity index is 3690. The van der Waals surface area contributed by atoms with Crippen LogP contribution in [0.4, 0.5) is 5.69 Å². The number of nitrogens with zero attached hydrogens (tertiary/aromatic N) is 6. The van der Waals surface area contributed by atoms with E-state index < -0.39 is 33.6 Å². The summed E-state index contributed by atoms with van der Waals surface area (Å²) in [6.45, 7) is 18.5. The van der Waals surface area contributed by atoms with Crippen molar-refractivity contribution in [1.29, 1.82) is 0 Å². The Kier molecular flexibility index (Phi) is 20.6. The van der Waals surface area contributed by atoms with Crippen LogP contribution in [0.3, 0.4) is 0 Å². The summed E-state index contributed by atoms with van der Waals surface area (Å²) >= 11 is 0. The Morgan fingerprint density at radius 3 is 1.58 bits per heavy atom. The molecule has 0 spiro atoms. The molecule has 0 atom stereocenters. The molecule has 16 nitrogen and oxygen atoms in total. The molecule has 3 aliphatic carbocycles. The first-order chi connectivity index (χ1) is 42.4. The molecule has 3 saturated carbocycles. The van der Waals surface area contributed by atoms with Gasteiger partial charge in [0.05, 0.1) is 59.5 Å². The third kappa shape index (κ3) is 14.7. The average molecular weight is 1250 g/mol. The lowest BCUT2D eigenvalue weighted by molar-refractivity contribution is -0.134. The number of amides is 2. The number of hydrogen-bond acceptors (Lipinski definition) is 9. The average Bonchev–Trinajstić information content (AvgIpc) is 1.59. The second kappa shape index (κ2) is 28.1. The van der Waals surface area contributed by atoms with Gasteiger partial charge in [0, 0.05) is 81.6 Å². The molecule has 5 aliphatic rings. The van der Waals surface area contributed by atoms with Crippen molar-refractivity contribution in [2.24, 2.45) is 0 Å². The van der Waals surface area contributed by atoms with Crippen LogP contribution < -0.4 is 10.6 Å². The number of imidazole rings is 2. The number of carboxylic acid groups (broad SMARTS) is 1. The van der Waals surface area contributed by atoms with Crippen LogP contribution in [0.25, 0.3) is 50.7 Å². The molecule has 2 amide bonds. The number of methoxy groups -OCH3 is 1. The third-order valence-corrected chi connectivity index (χ3v) is 22.5. The lowest BCUT2D eigenvalue weighted by Gasteiger charge is -2.29. The number of carbonyl (C=O) groups is 4. The SMILES string of the molecule is C.COC(=O)/C=C/c1ccc(NC(=O)C2(NC(=O)c3ccc4c(C5CCCCC5)c5n(c4c3)CCCc3ncn(COCC[Si](C)(C)C)c3-5)CCCC2)cc1.C[Si](C)(C)CCOCn1cnc2c1-c1c(C3CCCCC3)c3ccc(C(=O)O)cc3n1CCC2. The minimum atomic E-state index is -1.21. The van der Waals surface area contributed by atoms with Crippen LogP contribution in [-0.2, 0) is 63.2 Å². The number of carboxylic acids is 1. The van der Waals surface area contributed by atoms with Gasteiger partial charge in [-0.2, -0.15) is 0 Å². The van der Waals surface area contributed by atoms with Gasteiger partial charge < -0.3 is 48.2 Å². The molecule has 0 saturated heterocycles. The number of rotatable bonds is 19. The first-order valence-corrected chi connectivity index (χ1v) is 40.1. The van der Waals surface area contributed by atoms with Crippen molar-refractivity contribution in [1.82, 2.24) is 33.6 Å². The number of aromatic carboxylic acids is 1. The largest absolute Gasteiger partial charge is 0.478 e. The predicted molar refractivity (Wildman–Crippen MR) is 361 cm³/mol. The van der Waals surface area contributed by atoms with Gasteiger partial charge in [-0.05, 0) is 147 Å². The number of aryl methyl sites for hydroxylation is 4. The van der Waals surface area contributed by atoms with Gasteiger partial charge in [-0.3, -0.25) is 9.59 Å². The van der Waals surface area contributed by atoms with E-state index in [-0.39, 0.29) is 19.2 Å². The second-order valence-corrected chi connectivity index (χ2v) is 39.1.